The van der Waals surface area contributed by atoms with Crippen LogP contribution in [0.3, 0.4) is 0 Å². The number of nitrogens with zero attached hydrogens (tertiary/aromatic N) is 4. The molecule has 2 aliphatic rings. The lowest BCUT2D eigenvalue weighted by Gasteiger charge is -2.37. The van der Waals surface area contributed by atoms with Gasteiger partial charge in [-0.2, -0.15) is 105 Å². The number of aryl methyl sites for hydroxylation is 1. The van der Waals surface area contributed by atoms with Crippen molar-refractivity contribution >= 4 is 55.2 Å². The lowest BCUT2D eigenvalue weighted by molar-refractivity contribution is -0.212. The van der Waals surface area contributed by atoms with Gasteiger partial charge in [-0.25, -0.2) is 9.97 Å². The molecule has 4 aromatic rings. The molecule has 36 heteroatoms. The quantitative estimate of drug-likeness (QED) is 0.0892. The number of nitrogens with two attached hydrogens (primary N) is 1. The fraction of sp³-hybridized carbons (Fsp3) is 0.467. The summed E-state index contributed by atoms with van der Waals surface area (Å²) in [4.78, 5) is 30.1. The first-order valence-corrected chi connectivity index (χ1v) is 23.6. The van der Waals surface area contributed by atoms with E-state index in [1.807, 2.05) is 0 Å². The average molecular weight is 1340 g/mol. The van der Waals surface area contributed by atoms with E-state index in [1.54, 1.807) is 0 Å². The molecule has 0 saturated carbocycles. The minimum Gasteiger partial charge on any atom is -0.481 e. The van der Waals surface area contributed by atoms with Crippen molar-refractivity contribution in [1.29, 1.82) is 0 Å². The van der Waals surface area contributed by atoms with Crippen molar-refractivity contribution in [2.45, 2.75) is 118 Å². The highest BCUT2D eigenvalue weighted by Gasteiger charge is 2.67. The zero-order valence-electron chi connectivity index (χ0n) is 39.6. The molecule has 0 bridgehead atoms. The van der Waals surface area contributed by atoms with E-state index in [0.29, 0.717) is 10.5 Å². The van der Waals surface area contributed by atoms with Gasteiger partial charge in [0, 0.05) is 26.1 Å². The molecule has 2 aromatic carbocycles. The number of alkyl halides is 24. The molecule has 4 unspecified atom stereocenters. The van der Waals surface area contributed by atoms with Gasteiger partial charge in [-0.1, -0.05) is 12.1 Å². The zero-order valence-corrected chi connectivity index (χ0v) is 42.8. The van der Waals surface area contributed by atoms with Crippen LogP contribution in [0, 0.1) is 0 Å². The first-order chi connectivity index (χ1) is 36.5. The number of halogens is 26. The predicted molar refractivity (Wildman–Crippen MR) is 238 cm³/mol. The number of benzene rings is 2. The van der Waals surface area contributed by atoms with Crippen LogP contribution in [0.5, 0.6) is 0 Å². The number of carboxylic acids is 1. The smallest absolute Gasteiger partial charge is 0.416 e. The highest BCUT2D eigenvalue weighted by Crippen LogP contribution is 2.55. The third-order valence-electron chi connectivity index (χ3n) is 12.2. The van der Waals surface area contributed by atoms with Gasteiger partial charge in [-0.15, -0.1) is 0 Å². The Morgan fingerprint density at radius 2 is 0.852 bits per heavy atom. The number of carbonyl (C=O) groups is 2. The first-order valence-electron chi connectivity index (χ1n) is 22.0. The van der Waals surface area contributed by atoms with Crippen LogP contribution in [0.4, 0.5) is 117 Å². The van der Waals surface area contributed by atoms with E-state index in [9.17, 15) is 125 Å². The van der Waals surface area contributed by atoms with Crippen LogP contribution in [-0.4, -0.2) is 87.3 Å². The minimum atomic E-state index is -5.52. The average Bonchev–Trinajstić information content (AvgIpc) is 3.84. The lowest BCUT2D eigenvalue weighted by Crippen LogP contribution is -2.52. The van der Waals surface area contributed by atoms with Crippen LogP contribution in [0.25, 0.3) is 0 Å². The molecule has 81 heavy (non-hydrogen) atoms. The molecule has 0 spiro atoms. The number of hydrogen-bond acceptors (Lipinski definition) is 9. The fourth-order valence-corrected chi connectivity index (χ4v) is 9.33. The van der Waals surface area contributed by atoms with Gasteiger partial charge in [0.05, 0.1) is 22.3 Å². The second kappa shape index (κ2) is 24.1. The van der Waals surface area contributed by atoms with E-state index in [2.05, 4.69) is 41.8 Å². The number of rotatable bonds is 10. The van der Waals surface area contributed by atoms with Crippen LogP contribution in [0.2, 0.25) is 0 Å². The Hall–Kier alpha value is -5.36. The predicted octanol–water partition coefficient (Wildman–Crippen LogP) is 13.8. The Morgan fingerprint density at radius 1 is 0.531 bits per heavy atom. The number of hydrogen-bond donors (Lipinski definition) is 4. The molecule has 2 aromatic heterocycles. The summed E-state index contributed by atoms with van der Waals surface area (Å²) in [5, 5.41) is 29.0. The summed E-state index contributed by atoms with van der Waals surface area (Å²) in [5.41, 5.74) is -11.4. The van der Waals surface area contributed by atoms with E-state index in [0.717, 1.165) is 11.0 Å². The maximum atomic E-state index is 14.4. The number of aromatic nitrogens is 2. The second-order valence-corrected chi connectivity index (χ2v) is 19.1. The molecule has 5 N–H and O–H groups in total. The largest absolute Gasteiger partial charge is 0.481 e. The number of pyridine rings is 2. The maximum absolute atomic E-state index is 14.4. The molecule has 2 fully saturated rings. The Labute approximate surface area is 455 Å². The van der Waals surface area contributed by atoms with Gasteiger partial charge < -0.3 is 30.9 Å². The third-order valence-corrected chi connectivity index (χ3v) is 13.6. The summed E-state index contributed by atoms with van der Waals surface area (Å²) in [5.74, 6) is -3.51. The van der Waals surface area contributed by atoms with E-state index < -0.39 is 163 Å². The Balaban J connectivity index is 0.000000311. The van der Waals surface area contributed by atoms with Gasteiger partial charge >= 0.3 is 55.4 Å². The Kier molecular flexibility index (Phi) is 20.3. The van der Waals surface area contributed by atoms with Crippen molar-refractivity contribution < 1.29 is 130 Å². The minimum absolute atomic E-state index is 0.00366. The zero-order chi connectivity index (χ0) is 62.2. The molecule has 0 aliphatic carbocycles. The molecule has 0 amide bonds. The molecular weight excluding hydrogens is 1310 g/mol. The van der Waals surface area contributed by atoms with Gasteiger partial charge in [-0.05, 0) is 122 Å². The Bertz CT molecular complexity index is 2820. The van der Waals surface area contributed by atoms with Gasteiger partial charge in [0.15, 0.2) is 0 Å². The third kappa shape index (κ3) is 16.3. The van der Waals surface area contributed by atoms with Gasteiger partial charge in [-0.3, -0.25) is 9.59 Å². The summed E-state index contributed by atoms with van der Waals surface area (Å²) >= 11 is 6.05. The summed E-state index contributed by atoms with van der Waals surface area (Å²) in [7, 11) is 0. The standard InChI is InChI=1S/C23H17BrF12N2O2.C19H15BrF9N3O.C3H3F3O2/c24-17-11(1-3-15(39)10-20(25,26)27)2-4-16(37-17)38-6-5-19(18(38)40,23(34,35)36)12-7-13(21(28,29)30)9-14(8-12)22(31,32)33;20-14-9(8-30)1-2-13(31-14)32-4-3-16(15(32)33,19(27,28)29)10-5-11(17(21,22)23)7-12(6-10)18(24,25)26;4-3(5,6)1-2(7)8/h2,4,7-9,18,40H,1,3,5-6,10H2;1-2,5-7,15,33H,3-4,8,30H2;1H2,(H,7,8). The van der Waals surface area contributed by atoms with Gasteiger partial charge in [0.2, 0.25) is 0 Å². The number of Topliss-reactive ketones (excluding diaryl/α,β-unsaturated/α-hetero) is 1. The van der Waals surface area contributed by atoms with Crippen molar-refractivity contribution in [1.82, 2.24) is 9.97 Å². The number of carboxylic acid groups (broad SMARTS) is 1. The normalized spacial score (nSPS) is 20.4. The van der Waals surface area contributed by atoms with E-state index >= 15 is 0 Å². The summed E-state index contributed by atoms with van der Waals surface area (Å²) in [6, 6.07) is 4.14. The number of anilines is 2. The highest BCUT2D eigenvalue weighted by molar-refractivity contribution is 9.10. The van der Waals surface area contributed by atoms with Gasteiger partial charge in [0.1, 0.15) is 62.8 Å². The lowest BCUT2D eigenvalue weighted by atomic mass is 9.76. The number of aliphatic hydroxyl groups is 2. The maximum Gasteiger partial charge on any atom is 0.416 e. The van der Waals surface area contributed by atoms with Crippen LogP contribution >= 0.6 is 31.9 Å². The van der Waals surface area contributed by atoms with Crippen LogP contribution in [0.1, 0.15) is 76.6 Å². The number of ketones is 1. The molecule has 2 aliphatic heterocycles. The molecule has 6 rings (SSSR count). The molecule has 2 saturated heterocycles. The van der Waals surface area contributed by atoms with Crippen molar-refractivity contribution in [2.24, 2.45) is 5.73 Å². The van der Waals surface area contributed by atoms with Gasteiger partial charge in [0.25, 0.3) is 0 Å². The summed E-state index contributed by atoms with van der Waals surface area (Å²) in [6.07, 6.45) is -53.4. The SMILES string of the molecule is NCc1ccc(N2CCC(c3cc(C(F)(F)F)cc(C(F)(F)F)c3)(C(F)(F)F)C2O)nc1Br.O=C(CCc1ccc(N2CCC(c3cc(C(F)(F)F)cc(C(F)(F)F)c3)(C(F)(F)F)C2O)nc1Br)CC(F)(F)F.O=C(O)CC(F)(F)F. The van der Waals surface area contributed by atoms with Crippen LogP contribution in [-0.2, 0) is 58.1 Å². The topological polar surface area (TPSA) is 153 Å². The number of aliphatic carboxylic acids is 1. The van der Waals surface area contributed by atoms with Crippen molar-refractivity contribution in [3.63, 3.8) is 0 Å². The molecule has 4 atom stereocenters. The summed E-state index contributed by atoms with van der Waals surface area (Å²) in [6.45, 7) is -1.20. The molecule has 0 radical (unpaired) electrons. The second-order valence-electron chi connectivity index (χ2n) is 17.6. The van der Waals surface area contributed by atoms with Crippen LogP contribution < -0.4 is 15.5 Å². The van der Waals surface area contributed by atoms with Crippen molar-refractivity contribution in [3.05, 3.63) is 114 Å². The molecule has 4 heterocycles. The fourth-order valence-electron chi connectivity index (χ4n) is 8.35. The molecule has 452 valence electrons. The van der Waals surface area contributed by atoms with E-state index in [1.165, 1.54) is 18.2 Å². The number of carbonyl (C=O) groups excluding carboxylic acids is 1. The molecule has 10 nitrogen and oxygen atoms in total. The van der Waals surface area contributed by atoms with Crippen molar-refractivity contribution in [2.75, 3.05) is 22.9 Å². The van der Waals surface area contributed by atoms with E-state index in [-0.39, 0.29) is 75.8 Å². The molecular formula is C45H35Br2F24N5O5. The summed E-state index contributed by atoms with van der Waals surface area (Å²) < 4.78 is 316. The first kappa shape index (κ1) is 68.1. The highest BCUT2D eigenvalue weighted by atomic mass is 79.9. The monoisotopic (exact) mass is 1340 g/mol. The Morgan fingerprint density at radius 3 is 1.10 bits per heavy atom. The van der Waals surface area contributed by atoms with Crippen molar-refractivity contribution in [3.8, 4) is 0 Å². The van der Waals surface area contributed by atoms with E-state index in [4.69, 9.17) is 10.8 Å². The van der Waals surface area contributed by atoms with Crippen LogP contribution in [0.15, 0.2) is 69.9 Å². The number of aliphatic hydroxyl groups excluding tert-OH is 2.